The first-order valence-corrected chi connectivity index (χ1v) is 9.63. The maximum Gasteiger partial charge on any atom is 0.0965 e. The van der Waals surface area contributed by atoms with E-state index >= 15 is 0 Å². The Morgan fingerprint density at radius 3 is 2.32 bits per heavy atom. The number of H-pyrrole nitrogens is 1. The third-order valence-corrected chi connectivity index (χ3v) is 5.19. The predicted octanol–water partition coefficient (Wildman–Crippen LogP) is 6.55. The molecule has 0 fully saturated rings. The van der Waals surface area contributed by atoms with Crippen molar-refractivity contribution in [1.82, 2.24) is 9.97 Å². The number of para-hydroxylation sites is 1. The average Bonchev–Trinajstić information content (AvgIpc) is 3.00. The highest BCUT2D eigenvalue weighted by Gasteiger charge is 2.10. The van der Waals surface area contributed by atoms with Gasteiger partial charge in [-0.05, 0) is 61.1 Å². The van der Waals surface area contributed by atoms with E-state index in [1.54, 1.807) is 0 Å². The van der Waals surface area contributed by atoms with Crippen LogP contribution in [0.15, 0.2) is 42.5 Å². The standard InChI is InChI=1S/C23H26N2/c1-3-5-9-16-13-18-15-22-23(19-11-7-8-12-20(19)24-22)25-21(18)14-17(16)10-6-4-2/h7-8,11-15,24H,3-6,9-10H2,1-2H3. The zero-order chi connectivity index (χ0) is 17.2. The van der Waals surface area contributed by atoms with Crippen molar-refractivity contribution in [3.8, 4) is 0 Å². The minimum Gasteiger partial charge on any atom is -0.353 e. The normalized spacial score (nSPS) is 11.8. The van der Waals surface area contributed by atoms with E-state index < -0.39 is 0 Å². The summed E-state index contributed by atoms with van der Waals surface area (Å²) in [5.74, 6) is 0. The molecule has 0 atom stereocenters. The third-order valence-electron chi connectivity index (χ3n) is 5.19. The molecule has 2 heteroatoms. The molecule has 0 unspecified atom stereocenters. The molecule has 0 saturated heterocycles. The fourth-order valence-electron chi connectivity index (χ4n) is 3.76. The molecule has 4 rings (SSSR count). The van der Waals surface area contributed by atoms with Gasteiger partial charge in [0.05, 0.1) is 16.6 Å². The van der Waals surface area contributed by atoms with Crippen LogP contribution in [0.2, 0.25) is 0 Å². The molecule has 0 bridgehead atoms. The van der Waals surface area contributed by atoms with Crippen LogP contribution in [0, 0.1) is 0 Å². The van der Waals surface area contributed by atoms with E-state index in [4.69, 9.17) is 4.98 Å². The number of unbranched alkanes of at least 4 members (excludes halogenated alkanes) is 2. The van der Waals surface area contributed by atoms with Crippen molar-refractivity contribution >= 4 is 32.8 Å². The number of rotatable bonds is 6. The Hall–Kier alpha value is -2.35. The molecule has 2 aromatic carbocycles. The van der Waals surface area contributed by atoms with Crippen LogP contribution in [-0.2, 0) is 12.8 Å². The molecule has 0 aliphatic rings. The molecule has 2 heterocycles. The highest BCUT2D eigenvalue weighted by atomic mass is 14.8. The van der Waals surface area contributed by atoms with Gasteiger partial charge in [0.2, 0.25) is 0 Å². The van der Waals surface area contributed by atoms with Crippen molar-refractivity contribution in [2.24, 2.45) is 0 Å². The molecule has 2 nitrogen and oxygen atoms in total. The van der Waals surface area contributed by atoms with Gasteiger partial charge in [-0.3, -0.25) is 0 Å². The molecule has 0 aliphatic heterocycles. The van der Waals surface area contributed by atoms with Crippen LogP contribution in [0.25, 0.3) is 32.8 Å². The summed E-state index contributed by atoms with van der Waals surface area (Å²) in [5.41, 5.74) is 7.53. The quantitative estimate of drug-likeness (QED) is 0.426. The number of aryl methyl sites for hydroxylation is 2. The molecule has 25 heavy (non-hydrogen) atoms. The summed E-state index contributed by atoms with van der Waals surface area (Å²) in [5, 5.41) is 2.47. The van der Waals surface area contributed by atoms with Crippen LogP contribution in [-0.4, -0.2) is 9.97 Å². The number of nitrogens with one attached hydrogen (secondary N) is 1. The van der Waals surface area contributed by atoms with Gasteiger partial charge < -0.3 is 4.98 Å². The molecule has 128 valence electrons. The Balaban J connectivity index is 1.90. The number of nitrogens with zero attached hydrogens (tertiary/aromatic N) is 1. The highest BCUT2D eigenvalue weighted by molar-refractivity contribution is 6.08. The number of hydrogen-bond acceptors (Lipinski definition) is 1. The lowest BCUT2D eigenvalue weighted by Gasteiger charge is -2.11. The van der Waals surface area contributed by atoms with E-state index in [0.717, 1.165) is 22.1 Å². The Morgan fingerprint density at radius 2 is 1.56 bits per heavy atom. The summed E-state index contributed by atoms with van der Waals surface area (Å²) in [6.07, 6.45) is 7.33. The van der Waals surface area contributed by atoms with Crippen LogP contribution in [0.3, 0.4) is 0 Å². The number of fused-ring (bicyclic) bond motifs is 4. The van der Waals surface area contributed by atoms with Crippen molar-refractivity contribution < 1.29 is 0 Å². The molecular weight excluding hydrogens is 304 g/mol. The van der Waals surface area contributed by atoms with Gasteiger partial charge in [-0.25, -0.2) is 4.98 Å². The smallest absolute Gasteiger partial charge is 0.0965 e. The molecule has 0 radical (unpaired) electrons. The van der Waals surface area contributed by atoms with Crippen LogP contribution in [0.1, 0.15) is 50.7 Å². The summed E-state index contributed by atoms with van der Waals surface area (Å²) >= 11 is 0. The zero-order valence-corrected chi connectivity index (χ0v) is 15.2. The summed E-state index contributed by atoms with van der Waals surface area (Å²) < 4.78 is 0. The fraction of sp³-hybridized carbons (Fsp3) is 0.348. The lowest BCUT2D eigenvalue weighted by Crippen LogP contribution is -1.96. The second-order valence-corrected chi connectivity index (χ2v) is 7.08. The number of benzene rings is 2. The predicted molar refractivity (Wildman–Crippen MR) is 108 cm³/mol. The summed E-state index contributed by atoms with van der Waals surface area (Å²) in [7, 11) is 0. The Morgan fingerprint density at radius 1 is 0.840 bits per heavy atom. The first-order chi connectivity index (χ1) is 12.3. The van der Waals surface area contributed by atoms with E-state index in [1.165, 1.54) is 60.4 Å². The SMILES string of the molecule is CCCCc1cc2cc3[nH]c4ccccc4c3nc2cc1CCCC. The summed E-state index contributed by atoms with van der Waals surface area (Å²) in [6, 6.07) is 15.4. The van der Waals surface area contributed by atoms with E-state index in [1.807, 2.05) is 0 Å². The molecule has 1 N–H and O–H groups in total. The number of aromatic nitrogens is 2. The van der Waals surface area contributed by atoms with Crippen LogP contribution < -0.4 is 0 Å². The topological polar surface area (TPSA) is 28.7 Å². The fourth-order valence-corrected chi connectivity index (χ4v) is 3.76. The summed E-state index contributed by atoms with van der Waals surface area (Å²) in [4.78, 5) is 8.54. The first-order valence-electron chi connectivity index (χ1n) is 9.63. The van der Waals surface area contributed by atoms with Crippen LogP contribution in [0.4, 0.5) is 0 Å². The molecule has 4 aromatic rings. The maximum absolute atomic E-state index is 5.02. The van der Waals surface area contributed by atoms with Gasteiger partial charge in [-0.15, -0.1) is 0 Å². The largest absolute Gasteiger partial charge is 0.353 e. The first kappa shape index (κ1) is 16.1. The van der Waals surface area contributed by atoms with Crippen molar-refractivity contribution in [2.45, 2.75) is 52.4 Å². The molecule has 2 aromatic heterocycles. The van der Waals surface area contributed by atoms with Crippen molar-refractivity contribution in [1.29, 1.82) is 0 Å². The van der Waals surface area contributed by atoms with Crippen molar-refractivity contribution in [3.63, 3.8) is 0 Å². The number of pyridine rings is 1. The van der Waals surface area contributed by atoms with Crippen molar-refractivity contribution in [3.05, 3.63) is 53.6 Å². The van der Waals surface area contributed by atoms with Crippen LogP contribution in [0.5, 0.6) is 0 Å². The maximum atomic E-state index is 5.02. The van der Waals surface area contributed by atoms with Gasteiger partial charge in [0, 0.05) is 16.3 Å². The lowest BCUT2D eigenvalue weighted by atomic mass is 9.95. The van der Waals surface area contributed by atoms with Gasteiger partial charge >= 0.3 is 0 Å². The minimum absolute atomic E-state index is 1.09. The minimum atomic E-state index is 1.09. The zero-order valence-electron chi connectivity index (χ0n) is 15.2. The van der Waals surface area contributed by atoms with Gasteiger partial charge in [-0.1, -0.05) is 44.9 Å². The molecule has 0 spiro atoms. The Kier molecular flexibility index (Phi) is 4.44. The van der Waals surface area contributed by atoms with Gasteiger partial charge in [0.1, 0.15) is 0 Å². The van der Waals surface area contributed by atoms with E-state index in [0.29, 0.717) is 0 Å². The number of aromatic amines is 1. The van der Waals surface area contributed by atoms with Gasteiger partial charge in [-0.2, -0.15) is 0 Å². The Bertz CT molecular complexity index is 1030. The number of hydrogen-bond donors (Lipinski definition) is 1. The summed E-state index contributed by atoms with van der Waals surface area (Å²) in [6.45, 7) is 4.53. The highest BCUT2D eigenvalue weighted by Crippen LogP contribution is 2.29. The van der Waals surface area contributed by atoms with Crippen molar-refractivity contribution in [2.75, 3.05) is 0 Å². The second-order valence-electron chi connectivity index (χ2n) is 7.08. The van der Waals surface area contributed by atoms with Gasteiger partial charge in [0.25, 0.3) is 0 Å². The molecule has 0 aliphatic carbocycles. The Labute approximate surface area is 149 Å². The van der Waals surface area contributed by atoms with E-state index in [2.05, 4.69) is 61.3 Å². The van der Waals surface area contributed by atoms with E-state index in [-0.39, 0.29) is 0 Å². The molecule has 0 saturated carbocycles. The average molecular weight is 330 g/mol. The molecule has 0 amide bonds. The van der Waals surface area contributed by atoms with Gasteiger partial charge in [0.15, 0.2) is 0 Å². The lowest BCUT2D eigenvalue weighted by molar-refractivity contribution is 0.759. The third kappa shape index (κ3) is 3.02. The molecular formula is C23H26N2. The van der Waals surface area contributed by atoms with Crippen LogP contribution >= 0.6 is 0 Å². The second kappa shape index (κ2) is 6.87. The monoisotopic (exact) mass is 330 g/mol. The van der Waals surface area contributed by atoms with E-state index in [9.17, 15) is 0 Å².